The lowest BCUT2D eigenvalue weighted by molar-refractivity contribution is -0.123. The van der Waals surface area contributed by atoms with E-state index in [9.17, 15) is 4.79 Å². The van der Waals surface area contributed by atoms with Gasteiger partial charge in [-0.2, -0.15) is 0 Å². The van der Waals surface area contributed by atoms with Gasteiger partial charge in [0.05, 0.1) is 0 Å². The Bertz CT molecular complexity index is 415. The van der Waals surface area contributed by atoms with Gasteiger partial charge in [0, 0.05) is 6.54 Å². The van der Waals surface area contributed by atoms with E-state index in [-0.39, 0.29) is 12.5 Å². The van der Waals surface area contributed by atoms with E-state index < -0.39 is 0 Å². The van der Waals surface area contributed by atoms with Gasteiger partial charge in [-0.1, -0.05) is 44.7 Å². The van der Waals surface area contributed by atoms with Gasteiger partial charge in [0.1, 0.15) is 5.75 Å². The molecule has 0 saturated heterocycles. The summed E-state index contributed by atoms with van der Waals surface area (Å²) in [6.45, 7) is 7.10. The van der Waals surface area contributed by atoms with Crippen LogP contribution in [0.3, 0.4) is 0 Å². The molecule has 1 amide bonds. The number of carbonyl (C=O) groups is 1. The van der Waals surface area contributed by atoms with E-state index in [0.29, 0.717) is 0 Å². The number of unbranched alkanes of at least 4 members (excludes halogenated alkanes) is 4. The van der Waals surface area contributed by atoms with E-state index >= 15 is 0 Å². The molecule has 1 aromatic rings. The lowest BCUT2D eigenvalue weighted by Gasteiger charge is -2.11. The zero-order valence-corrected chi connectivity index (χ0v) is 13.0. The van der Waals surface area contributed by atoms with Crippen LogP contribution in [-0.2, 0) is 4.79 Å². The molecule has 0 atom stereocenters. The maximum atomic E-state index is 11.7. The van der Waals surface area contributed by atoms with E-state index in [2.05, 4.69) is 12.2 Å². The molecule has 0 aliphatic heterocycles. The maximum Gasteiger partial charge on any atom is 0.257 e. The van der Waals surface area contributed by atoms with Crippen LogP contribution in [0.2, 0.25) is 0 Å². The second-order valence-electron chi connectivity index (χ2n) is 5.25. The van der Waals surface area contributed by atoms with Crippen LogP contribution in [0.15, 0.2) is 18.2 Å². The first-order valence-corrected chi connectivity index (χ1v) is 7.61. The third-order valence-corrected chi connectivity index (χ3v) is 3.52. The second kappa shape index (κ2) is 9.40. The van der Waals surface area contributed by atoms with Crippen molar-refractivity contribution >= 4 is 5.91 Å². The molecule has 1 aromatic carbocycles. The largest absolute Gasteiger partial charge is 0.483 e. The predicted octanol–water partition coefficient (Wildman–Crippen LogP) is 3.77. The zero-order valence-electron chi connectivity index (χ0n) is 13.0. The van der Waals surface area contributed by atoms with Gasteiger partial charge < -0.3 is 10.1 Å². The number of hydrogen-bond donors (Lipinski definition) is 1. The van der Waals surface area contributed by atoms with Gasteiger partial charge in [-0.3, -0.25) is 4.79 Å². The lowest BCUT2D eigenvalue weighted by Crippen LogP contribution is -2.29. The molecule has 0 fully saturated rings. The monoisotopic (exact) mass is 277 g/mol. The first kappa shape index (κ1) is 16.5. The summed E-state index contributed by atoms with van der Waals surface area (Å²) >= 11 is 0. The number of ether oxygens (including phenoxy) is 1. The van der Waals surface area contributed by atoms with E-state index in [1.165, 1.54) is 31.2 Å². The number of rotatable bonds is 9. The van der Waals surface area contributed by atoms with Gasteiger partial charge in [0.2, 0.25) is 0 Å². The van der Waals surface area contributed by atoms with Gasteiger partial charge in [-0.05, 0) is 37.5 Å². The Morgan fingerprint density at radius 2 is 1.90 bits per heavy atom. The number of carbonyl (C=O) groups excluding carboxylic acids is 1. The van der Waals surface area contributed by atoms with Crippen molar-refractivity contribution in [2.24, 2.45) is 0 Å². The maximum absolute atomic E-state index is 11.7. The van der Waals surface area contributed by atoms with Crippen LogP contribution in [0.4, 0.5) is 0 Å². The molecular formula is C17H27NO2. The first-order chi connectivity index (χ1) is 9.65. The molecule has 0 saturated carbocycles. The van der Waals surface area contributed by atoms with Crippen molar-refractivity contribution in [2.75, 3.05) is 13.2 Å². The van der Waals surface area contributed by atoms with Gasteiger partial charge >= 0.3 is 0 Å². The summed E-state index contributed by atoms with van der Waals surface area (Å²) in [6, 6.07) is 5.89. The van der Waals surface area contributed by atoms with Gasteiger partial charge in [0.25, 0.3) is 5.91 Å². The molecule has 0 unspecified atom stereocenters. The fraction of sp³-hybridized carbons (Fsp3) is 0.588. The fourth-order valence-corrected chi connectivity index (χ4v) is 2.03. The first-order valence-electron chi connectivity index (χ1n) is 7.61. The summed E-state index contributed by atoms with van der Waals surface area (Å²) in [5.41, 5.74) is 2.28. The normalized spacial score (nSPS) is 10.3. The van der Waals surface area contributed by atoms with Crippen molar-refractivity contribution < 1.29 is 9.53 Å². The summed E-state index contributed by atoms with van der Waals surface area (Å²) in [7, 11) is 0. The number of amides is 1. The minimum atomic E-state index is -0.0404. The number of nitrogens with one attached hydrogen (secondary N) is 1. The Labute approximate surface area is 122 Å². The predicted molar refractivity (Wildman–Crippen MR) is 83.2 cm³/mol. The number of benzene rings is 1. The molecule has 1 N–H and O–H groups in total. The summed E-state index contributed by atoms with van der Waals surface area (Å²) in [6.07, 6.45) is 6.02. The number of hydrogen-bond acceptors (Lipinski definition) is 2. The third kappa shape index (κ3) is 6.09. The minimum absolute atomic E-state index is 0.0404. The molecule has 20 heavy (non-hydrogen) atoms. The molecule has 0 bridgehead atoms. The molecule has 0 aromatic heterocycles. The quantitative estimate of drug-likeness (QED) is 0.698. The van der Waals surface area contributed by atoms with Crippen LogP contribution in [0.5, 0.6) is 5.75 Å². The van der Waals surface area contributed by atoms with Crippen LogP contribution in [0, 0.1) is 13.8 Å². The van der Waals surface area contributed by atoms with E-state index in [0.717, 1.165) is 24.3 Å². The summed E-state index contributed by atoms with van der Waals surface area (Å²) in [5.74, 6) is 0.754. The van der Waals surface area contributed by atoms with Crippen LogP contribution < -0.4 is 10.1 Å². The average Bonchev–Trinajstić information content (AvgIpc) is 2.44. The van der Waals surface area contributed by atoms with Gasteiger partial charge in [-0.15, -0.1) is 0 Å². The lowest BCUT2D eigenvalue weighted by atomic mass is 10.1. The molecule has 3 nitrogen and oxygen atoms in total. The second-order valence-corrected chi connectivity index (χ2v) is 5.25. The van der Waals surface area contributed by atoms with E-state index in [1.807, 2.05) is 32.0 Å². The summed E-state index contributed by atoms with van der Waals surface area (Å²) in [5, 5.41) is 2.90. The standard InChI is InChI=1S/C17H27NO2/c1-4-5-6-7-8-12-18-17(19)13-20-16-11-9-10-14(2)15(16)3/h9-11H,4-8,12-13H2,1-3H3,(H,18,19). The molecule has 0 spiro atoms. The topological polar surface area (TPSA) is 38.3 Å². The Kier molecular flexibility index (Phi) is 7.78. The highest BCUT2D eigenvalue weighted by atomic mass is 16.5. The summed E-state index contributed by atoms with van der Waals surface area (Å²) in [4.78, 5) is 11.7. The van der Waals surface area contributed by atoms with Crippen molar-refractivity contribution in [1.29, 1.82) is 0 Å². The smallest absolute Gasteiger partial charge is 0.257 e. The van der Waals surface area contributed by atoms with Crippen molar-refractivity contribution in [2.45, 2.75) is 52.9 Å². The van der Waals surface area contributed by atoms with Crippen molar-refractivity contribution in [3.63, 3.8) is 0 Å². The van der Waals surface area contributed by atoms with Crippen LogP contribution >= 0.6 is 0 Å². The van der Waals surface area contributed by atoms with Crippen molar-refractivity contribution in [1.82, 2.24) is 5.32 Å². The van der Waals surface area contributed by atoms with Crippen LogP contribution in [0.25, 0.3) is 0 Å². The Morgan fingerprint density at radius 1 is 1.15 bits per heavy atom. The van der Waals surface area contributed by atoms with E-state index in [1.54, 1.807) is 0 Å². The Balaban J connectivity index is 2.18. The Morgan fingerprint density at radius 3 is 2.65 bits per heavy atom. The SMILES string of the molecule is CCCCCCCNC(=O)COc1cccc(C)c1C. The van der Waals surface area contributed by atoms with Crippen molar-refractivity contribution in [3.05, 3.63) is 29.3 Å². The van der Waals surface area contributed by atoms with Crippen molar-refractivity contribution in [3.8, 4) is 5.75 Å². The molecule has 1 rings (SSSR count). The highest BCUT2D eigenvalue weighted by Gasteiger charge is 2.05. The molecule has 0 heterocycles. The highest BCUT2D eigenvalue weighted by Crippen LogP contribution is 2.20. The third-order valence-electron chi connectivity index (χ3n) is 3.52. The fourth-order valence-electron chi connectivity index (χ4n) is 2.03. The van der Waals surface area contributed by atoms with Crippen LogP contribution in [0.1, 0.15) is 50.2 Å². The molecule has 112 valence electrons. The molecular weight excluding hydrogens is 250 g/mol. The molecule has 3 heteroatoms. The van der Waals surface area contributed by atoms with Gasteiger partial charge in [-0.25, -0.2) is 0 Å². The highest BCUT2D eigenvalue weighted by molar-refractivity contribution is 5.77. The molecule has 0 aliphatic carbocycles. The summed E-state index contributed by atoms with van der Waals surface area (Å²) < 4.78 is 5.56. The van der Waals surface area contributed by atoms with E-state index in [4.69, 9.17) is 4.74 Å². The average molecular weight is 277 g/mol. The van der Waals surface area contributed by atoms with Gasteiger partial charge in [0.15, 0.2) is 6.61 Å². The van der Waals surface area contributed by atoms with Crippen LogP contribution in [-0.4, -0.2) is 19.1 Å². The molecule has 0 aliphatic rings. The zero-order chi connectivity index (χ0) is 14.8. The Hall–Kier alpha value is -1.51. The molecule has 0 radical (unpaired) electrons. The minimum Gasteiger partial charge on any atom is -0.483 e. The number of aryl methyl sites for hydroxylation is 1.